The lowest BCUT2D eigenvalue weighted by Crippen LogP contribution is -2.18. The van der Waals surface area contributed by atoms with E-state index in [-0.39, 0.29) is 0 Å². The summed E-state index contributed by atoms with van der Waals surface area (Å²) in [6.45, 7) is 7.86. The van der Waals surface area contributed by atoms with Gasteiger partial charge in [-0.1, -0.05) is 18.7 Å². The molecule has 1 aliphatic heterocycles. The summed E-state index contributed by atoms with van der Waals surface area (Å²) in [6.07, 6.45) is 9.10. The van der Waals surface area contributed by atoms with Crippen molar-refractivity contribution < 1.29 is 4.74 Å². The molecule has 0 radical (unpaired) electrons. The number of ether oxygens (including phenoxy) is 1. The second kappa shape index (κ2) is 5.66. The van der Waals surface area contributed by atoms with Crippen LogP contribution in [-0.4, -0.2) is 31.1 Å². The lowest BCUT2D eigenvalue weighted by molar-refractivity contribution is 0.133. The first-order valence-electron chi connectivity index (χ1n) is 5.07. The number of allylic oxidation sites excluding steroid dienone is 4. The highest BCUT2D eigenvalue weighted by Crippen LogP contribution is 2.14. The van der Waals surface area contributed by atoms with Gasteiger partial charge < -0.3 is 9.64 Å². The number of likely N-dealkylation sites (N-methyl/N-ethyl adjacent to an activating group) is 1. The van der Waals surface area contributed by atoms with Gasteiger partial charge in [0.1, 0.15) is 11.9 Å². The van der Waals surface area contributed by atoms with E-state index in [4.69, 9.17) is 4.74 Å². The van der Waals surface area contributed by atoms with Gasteiger partial charge in [-0.15, -0.1) is 0 Å². The summed E-state index contributed by atoms with van der Waals surface area (Å²) in [5.74, 6) is 0.864. The van der Waals surface area contributed by atoms with Gasteiger partial charge >= 0.3 is 0 Å². The molecule has 14 heavy (non-hydrogen) atoms. The molecule has 0 aromatic heterocycles. The van der Waals surface area contributed by atoms with Crippen molar-refractivity contribution in [3.63, 3.8) is 0 Å². The van der Waals surface area contributed by atoms with Crippen LogP contribution in [0, 0.1) is 0 Å². The van der Waals surface area contributed by atoms with Crippen molar-refractivity contribution in [3.05, 3.63) is 36.6 Å². The summed E-state index contributed by atoms with van der Waals surface area (Å²) in [7, 11) is 2.12. The quantitative estimate of drug-likeness (QED) is 0.502. The molecule has 1 aliphatic rings. The molecule has 0 spiro atoms. The average molecular weight is 193 g/mol. The lowest BCUT2D eigenvalue weighted by atomic mass is 10.3. The van der Waals surface area contributed by atoms with E-state index in [9.17, 15) is 0 Å². The van der Waals surface area contributed by atoms with Crippen molar-refractivity contribution in [1.82, 2.24) is 4.90 Å². The van der Waals surface area contributed by atoms with Crippen LogP contribution in [-0.2, 0) is 4.74 Å². The predicted molar refractivity (Wildman–Crippen MR) is 60.1 cm³/mol. The third kappa shape index (κ3) is 3.38. The fourth-order valence-electron chi connectivity index (χ4n) is 1.53. The van der Waals surface area contributed by atoms with Crippen LogP contribution >= 0.6 is 0 Å². The number of likely N-dealkylation sites (tertiary alicyclic amines) is 1. The molecule has 1 rings (SSSR count). The van der Waals surface area contributed by atoms with Crippen molar-refractivity contribution in [2.24, 2.45) is 0 Å². The van der Waals surface area contributed by atoms with Gasteiger partial charge in [0.15, 0.2) is 0 Å². The van der Waals surface area contributed by atoms with E-state index >= 15 is 0 Å². The Morgan fingerprint density at radius 3 is 2.86 bits per heavy atom. The zero-order valence-electron chi connectivity index (χ0n) is 9.07. The first-order chi connectivity index (χ1) is 6.76. The van der Waals surface area contributed by atoms with Gasteiger partial charge in [0, 0.05) is 13.1 Å². The van der Waals surface area contributed by atoms with Gasteiger partial charge in [0.2, 0.25) is 0 Å². The van der Waals surface area contributed by atoms with Gasteiger partial charge in [0.25, 0.3) is 0 Å². The molecule has 2 nitrogen and oxygen atoms in total. The first kappa shape index (κ1) is 11.1. The minimum absolute atomic E-state index is 0.328. The zero-order valence-corrected chi connectivity index (χ0v) is 9.07. The first-order valence-corrected chi connectivity index (χ1v) is 5.07. The van der Waals surface area contributed by atoms with E-state index in [2.05, 4.69) is 18.5 Å². The molecule has 1 atom stereocenters. The van der Waals surface area contributed by atoms with E-state index in [1.165, 1.54) is 0 Å². The molecule has 0 amide bonds. The average Bonchev–Trinajstić information content (AvgIpc) is 2.58. The highest BCUT2D eigenvalue weighted by molar-refractivity contribution is 5.16. The third-order valence-electron chi connectivity index (χ3n) is 2.30. The molecule has 0 bridgehead atoms. The summed E-state index contributed by atoms with van der Waals surface area (Å²) in [5, 5.41) is 0. The zero-order chi connectivity index (χ0) is 10.4. The van der Waals surface area contributed by atoms with Crippen molar-refractivity contribution >= 4 is 0 Å². The Bertz CT molecular complexity index is 243. The fraction of sp³-hybridized carbons (Fsp3) is 0.500. The molecule has 1 fully saturated rings. The summed E-state index contributed by atoms with van der Waals surface area (Å²) in [5.41, 5.74) is 0. The van der Waals surface area contributed by atoms with Gasteiger partial charge in [-0.3, -0.25) is 0 Å². The highest BCUT2D eigenvalue weighted by atomic mass is 16.5. The van der Waals surface area contributed by atoms with Crippen molar-refractivity contribution in [2.45, 2.75) is 19.4 Å². The smallest absolute Gasteiger partial charge is 0.119 e. The van der Waals surface area contributed by atoms with E-state index in [1.807, 2.05) is 25.2 Å². The summed E-state index contributed by atoms with van der Waals surface area (Å²) < 4.78 is 5.78. The van der Waals surface area contributed by atoms with Crippen molar-refractivity contribution in [3.8, 4) is 0 Å². The van der Waals surface area contributed by atoms with E-state index in [1.54, 1.807) is 6.08 Å². The topological polar surface area (TPSA) is 12.5 Å². The van der Waals surface area contributed by atoms with Crippen molar-refractivity contribution in [2.75, 3.05) is 20.1 Å². The Morgan fingerprint density at radius 2 is 2.36 bits per heavy atom. The molecule has 0 aromatic carbocycles. The number of nitrogens with zero attached hydrogens (tertiary/aromatic N) is 1. The van der Waals surface area contributed by atoms with Crippen LogP contribution < -0.4 is 0 Å². The normalized spacial score (nSPS) is 24.4. The number of rotatable bonds is 4. The molecule has 0 N–H and O–H groups in total. The SMILES string of the molecule is C=C/C(=C\C=C/C)OC1CCN(C)C1. The van der Waals surface area contributed by atoms with E-state index in [0.717, 1.165) is 25.3 Å². The van der Waals surface area contributed by atoms with E-state index in [0.29, 0.717) is 6.10 Å². The largest absolute Gasteiger partial charge is 0.489 e. The van der Waals surface area contributed by atoms with Gasteiger partial charge in [-0.25, -0.2) is 0 Å². The Labute approximate surface area is 86.6 Å². The monoisotopic (exact) mass is 193 g/mol. The Morgan fingerprint density at radius 1 is 1.57 bits per heavy atom. The Kier molecular flexibility index (Phi) is 4.47. The molecule has 0 aromatic rings. The standard InChI is InChI=1S/C12H19NO/c1-4-6-7-11(5-2)14-12-8-9-13(3)10-12/h4-7,12H,2,8-10H2,1,3H3/b6-4-,11-7+. The lowest BCUT2D eigenvalue weighted by Gasteiger charge is -2.13. The van der Waals surface area contributed by atoms with Crippen LogP contribution in [0.3, 0.4) is 0 Å². The maximum atomic E-state index is 5.78. The van der Waals surface area contributed by atoms with Gasteiger partial charge in [-0.05, 0) is 32.5 Å². The Hall–Kier alpha value is -1.02. The molecule has 1 saturated heterocycles. The predicted octanol–water partition coefficient (Wildman–Crippen LogP) is 2.35. The van der Waals surface area contributed by atoms with Crippen LogP contribution in [0.5, 0.6) is 0 Å². The highest BCUT2D eigenvalue weighted by Gasteiger charge is 2.20. The molecule has 2 heteroatoms. The molecule has 0 saturated carbocycles. The minimum atomic E-state index is 0.328. The molecule has 78 valence electrons. The van der Waals surface area contributed by atoms with Gasteiger partial charge in [-0.2, -0.15) is 0 Å². The summed E-state index contributed by atoms with van der Waals surface area (Å²) in [4.78, 5) is 2.28. The van der Waals surface area contributed by atoms with Crippen LogP contribution in [0.1, 0.15) is 13.3 Å². The maximum absolute atomic E-state index is 5.78. The number of hydrogen-bond donors (Lipinski definition) is 0. The molecule has 1 unspecified atom stereocenters. The Balaban J connectivity index is 2.44. The second-order valence-corrected chi connectivity index (χ2v) is 3.59. The number of hydrogen-bond acceptors (Lipinski definition) is 2. The molecular weight excluding hydrogens is 174 g/mol. The van der Waals surface area contributed by atoms with Crippen molar-refractivity contribution in [1.29, 1.82) is 0 Å². The van der Waals surface area contributed by atoms with Crippen LogP contribution in [0.25, 0.3) is 0 Å². The van der Waals surface area contributed by atoms with Gasteiger partial charge in [0.05, 0.1) is 0 Å². The fourth-order valence-corrected chi connectivity index (χ4v) is 1.53. The second-order valence-electron chi connectivity index (χ2n) is 3.59. The third-order valence-corrected chi connectivity index (χ3v) is 2.30. The summed E-state index contributed by atoms with van der Waals surface area (Å²) >= 11 is 0. The molecule has 1 heterocycles. The van der Waals surface area contributed by atoms with Crippen LogP contribution in [0.15, 0.2) is 36.6 Å². The van der Waals surface area contributed by atoms with E-state index < -0.39 is 0 Å². The maximum Gasteiger partial charge on any atom is 0.119 e. The van der Waals surface area contributed by atoms with Crippen LogP contribution in [0.4, 0.5) is 0 Å². The van der Waals surface area contributed by atoms with Crippen LogP contribution in [0.2, 0.25) is 0 Å². The minimum Gasteiger partial charge on any atom is -0.489 e. The molecule has 0 aliphatic carbocycles. The molecular formula is C12H19NO. The summed E-state index contributed by atoms with van der Waals surface area (Å²) in [6, 6.07) is 0.